The summed E-state index contributed by atoms with van der Waals surface area (Å²) in [5.74, 6) is 1.15. The topological polar surface area (TPSA) is 36.9 Å². The Morgan fingerprint density at radius 2 is 2.11 bits per heavy atom. The van der Waals surface area contributed by atoms with Crippen molar-refractivity contribution in [3.05, 3.63) is 0 Å². The molecule has 2 fully saturated rings. The van der Waals surface area contributed by atoms with E-state index in [1.54, 1.807) is 0 Å². The molecule has 2 heterocycles. The first kappa shape index (κ1) is 15.1. The van der Waals surface area contributed by atoms with Gasteiger partial charge in [-0.2, -0.15) is 0 Å². The number of nitrogens with zero attached hydrogens (tertiary/aromatic N) is 2. The molecule has 0 amide bonds. The molecule has 0 aromatic rings. The molecule has 19 heavy (non-hydrogen) atoms. The van der Waals surface area contributed by atoms with Crippen LogP contribution in [-0.2, 0) is 4.74 Å². The smallest absolute Gasteiger partial charge is 0.157 e. The average molecular weight is 285 g/mol. The van der Waals surface area contributed by atoms with Gasteiger partial charge in [0, 0.05) is 25.5 Å². The van der Waals surface area contributed by atoms with Crippen molar-refractivity contribution in [3.63, 3.8) is 0 Å². The second kappa shape index (κ2) is 7.50. The van der Waals surface area contributed by atoms with Gasteiger partial charge in [0.25, 0.3) is 0 Å². The van der Waals surface area contributed by atoms with Crippen molar-refractivity contribution in [3.8, 4) is 0 Å². The highest BCUT2D eigenvalue weighted by Crippen LogP contribution is 2.31. The van der Waals surface area contributed by atoms with Gasteiger partial charge >= 0.3 is 0 Å². The van der Waals surface area contributed by atoms with Gasteiger partial charge in [-0.25, -0.2) is 0 Å². The number of hydrogen-bond acceptors (Lipinski definition) is 4. The van der Waals surface area contributed by atoms with Crippen LogP contribution in [0.3, 0.4) is 0 Å². The quantitative estimate of drug-likeness (QED) is 0.809. The van der Waals surface area contributed by atoms with Crippen molar-refractivity contribution in [2.45, 2.75) is 38.6 Å². The number of likely N-dealkylation sites (N-methyl/N-ethyl adjacent to an activating group) is 1. The number of nitrogens with one attached hydrogen (secondary N) is 1. The van der Waals surface area contributed by atoms with Crippen molar-refractivity contribution in [2.24, 2.45) is 4.99 Å². The number of aliphatic imine (C=N–C) groups is 1. The Balaban J connectivity index is 1.75. The molecule has 0 saturated carbocycles. The highest BCUT2D eigenvalue weighted by atomic mass is 32.2. The van der Waals surface area contributed by atoms with Gasteiger partial charge in [0.1, 0.15) is 0 Å². The van der Waals surface area contributed by atoms with Crippen LogP contribution in [0.15, 0.2) is 4.99 Å². The van der Waals surface area contributed by atoms with Gasteiger partial charge in [-0.3, -0.25) is 4.99 Å². The van der Waals surface area contributed by atoms with E-state index >= 15 is 0 Å². The number of ether oxygens (including phenoxy) is 1. The molecule has 0 bridgehead atoms. The van der Waals surface area contributed by atoms with E-state index < -0.39 is 0 Å². The minimum atomic E-state index is 0.273. The molecule has 4 nitrogen and oxygen atoms in total. The lowest BCUT2D eigenvalue weighted by molar-refractivity contribution is 0.0555. The molecule has 0 radical (unpaired) electrons. The first-order valence-corrected chi connectivity index (χ1v) is 8.52. The summed E-state index contributed by atoms with van der Waals surface area (Å²) >= 11 is 1.89. The number of amidine groups is 1. The van der Waals surface area contributed by atoms with Crippen LogP contribution in [0.1, 0.15) is 33.1 Å². The summed E-state index contributed by atoms with van der Waals surface area (Å²) in [6, 6.07) is 0. The number of hydrogen-bond donors (Lipinski definition) is 1. The molecule has 0 atom stereocenters. The second-order valence-electron chi connectivity index (χ2n) is 5.43. The lowest BCUT2D eigenvalue weighted by Crippen LogP contribution is -2.48. The SMILES string of the molecule is CCCN(CC)CCN=C1NC2(CCOCC2)CS1. The fourth-order valence-electron chi connectivity index (χ4n) is 2.66. The Hall–Kier alpha value is -0.260. The molecule has 5 heteroatoms. The minimum absolute atomic E-state index is 0.273. The van der Waals surface area contributed by atoms with E-state index in [2.05, 4.69) is 24.1 Å². The number of thioether (sulfide) groups is 1. The lowest BCUT2D eigenvalue weighted by Gasteiger charge is -2.32. The van der Waals surface area contributed by atoms with Crippen molar-refractivity contribution < 1.29 is 4.74 Å². The summed E-state index contributed by atoms with van der Waals surface area (Å²) in [4.78, 5) is 7.19. The molecule has 1 N–H and O–H groups in total. The van der Waals surface area contributed by atoms with Crippen LogP contribution in [0.4, 0.5) is 0 Å². The molecule has 0 aromatic carbocycles. The van der Waals surface area contributed by atoms with Gasteiger partial charge in [0.15, 0.2) is 5.17 Å². The molecule has 0 aliphatic carbocycles. The van der Waals surface area contributed by atoms with E-state index in [-0.39, 0.29) is 5.54 Å². The Kier molecular flexibility index (Phi) is 5.98. The standard InChI is InChI=1S/C14H27N3OS/c1-3-8-17(4-2)9-7-15-13-16-14(12-19-13)5-10-18-11-6-14/h3-12H2,1-2H3,(H,15,16). The summed E-state index contributed by atoms with van der Waals surface area (Å²) in [6.45, 7) is 10.5. The first-order valence-electron chi connectivity index (χ1n) is 7.53. The molecule has 110 valence electrons. The summed E-state index contributed by atoms with van der Waals surface area (Å²) in [6.07, 6.45) is 3.46. The van der Waals surface area contributed by atoms with Gasteiger partial charge in [-0.05, 0) is 32.4 Å². The van der Waals surface area contributed by atoms with Gasteiger partial charge in [-0.1, -0.05) is 25.6 Å². The third kappa shape index (κ3) is 4.36. The zero-order valence-electron chi connectivity index (χ0n) is 12.3. The second-order valence-corrected chi connectivity index (χ2v) is 6.39. The predicted molar refractivity (Wildman–Crippen MR) is 83.1 cm³/mol. The Labute approximate surface area is 121 Å². The van der Waals surface area contributed by atoms with Gasteiger partial charge in [0.05, 0.1) is 12.1 Å². The third-order valence-corrected chi connectivity index (χ3v) is 5.17. The molecular weight excluding hydrogens is 258 g/mol. The summed E-state index contributed by atoms with van der Waals surface area (Å²) in [5.41, 5.74) is 0.273. The van der Waals surface area contributed by atoms with Crippen molar-refractivity contribution >= 4 is 16.9 Å². The fraction of sp³-hybridized carbons (Fsp3) is 0.929. The summed E-state index contributed by atoms with van der Waals surface area (Å²) in [5, 5.41) is 4.79. The molecule has 0 unspecified atom stereocenters. The van der Waals surface area contributed by atoms with E-state index in [1.807, 2.05) is 11.8 Å². The van der Waals surface area contributed by atoms with E-state index in [4.69, 9.17) is 9.73 Å². The van der Waals surface area contributed by atoms with Gasteiger partial charge in [-0.15, -0.1) is 0 Å². The molecule has 1 spiro atoms. The van der Waals surface area contributed by atoms with Crippen LogP contribution in [0.25, 0.3) is 0 Å². The van der Waals surface area contributed by atoms with E-state index in [9.17, 15) is 0 Å². The normalized spacial score (nSPS) is 24.3. The third-order valence-electron chi connectivity index (χ3n) is 3.97. The van der Waals surface area contributed by atoms with Crippen LogP contribution in [0, 0.1) is 0 Å². The van der Waals surface area contributed by atoms with Crippen LogP contribution in [-0.4, -0.2) is 60.8 Å². The van der Waals surface area contributed by atoms with Gasteiger partial charge in [0.2, 0.25) is 0 Å². The maximum absolute atomic E-state index is 5.45. The summed E-state index contributed by atoms with van der Waals surface area (Å²) < 4.78 is 5.45. The molecule has 2 saturated heterocycles. The van der Waals surface area contributed by atoms with Crippen LogP contribution in [0.5, 0.6) is 0 Å². The van der Waals surface area contributed by atoms with Crippen molar-refractivity contribution in [1.82, 2.24) is 10.2 Å². The number of rotatable bonds is 6. The van der Waals surface area contributed by atoms with Crippen LogP contribution in [0.2, 0.25) is 0 Å². The maximum atomic E-state index is 5.45. The molecule has 2 aliphatic rings. The molecule has 2 aliphatic heterocycles. The van der Waals surface area contributed by atoms with Crippen molar-refractivity contribution in [2.75, 3.05) is 45.1 Å². The van der Waals surface area contributed by atoms with Crippen LogP contribution >= 0.6 is 11.8 Å². The largest absolute Gasteiger partial charge is 0.381 e. The zero-order chi connectivity index (χ0) is 13.6. The first-order chi connectivity index (χ1) is 9.28. The maximum Gasteiger partial charge on any atom is 0.157 e. The fourth-order valence-corrected chi connectivity index (χ4v) is 3.90. The van der Waals surface area contributed by atoms with E-state index in [0.717, 1.165) is 56.6 Å². The Morgan fingerprint density at radius 1 is 1.32 bits per heavy atom. The van der Waals surface area contributed by atoms with Gasteiger partial charge < -0.3 is 15.0 Å². The molecule has 0 aromatic heterocycles. The van der Waals surface area contributed by atoms with E-state index in [0.29, 0.717) is 0 Å². The summed E-state index contributed by atoms with van der Waals surface area (Å²) in [7, 11) is 0. The van der Waals surface area contributed by atoms with E-state index in [1.165, 1.54) is 13.0 Å². The highest BCUT2D eigenvalue weighted by Gasteiger charge is 2.38. The molecular formula is C14H27N3OS. The lowest BCUT2D eigenvalue weighted by atomic mass is 9.93. The average Bonchev–Trinajstić information content (AvgIpc) is 2.81. The predicted octanol–water partition coefficient (Wildman–Crippen LogP) is 1.96. The highest BCUT2D eigenvalue weighted by molar-refractivity contribution is 8.14. The van der Waals surface area contributed by atoms with Crippen molar-refractivity contribution in [1.29, 1.82) is 0 Å². The Bertz CT molecular complexity index is 303. The monoisotopic (exact) mass is 285 g/mol. The molecule has 2 rings (SSSR count). The Morgan fingerprint density at radius 3 is 2.79 bits per heavy atom. The minimum Gasteiger partial charge on any atom is -0.381 e. The van der Waals surface area contributed by atoms with Crippen LogP contribution < -0.4 is 5.32 Å². The zero-order valence-corrected chi connectivity index (χ0v) is 13.1.